The largest absolute Gasteiger partial charge is 0.340 e. The number of anilines is 3. The third-order valence-corrected chi connectivity index (χ3v) is 8.16. The van der Waals surface area contributed by atoms with Gasteiger partial charge in [0.15, 0.2) is 5.17 Å². The predicted molar refractivity (Wildman–Crippen MR) is 159 cm³/mol. The van der Waals surface area contributed by atoms with E-state index in [0.29, 0.717) is 22.6 Å². The number of hydrogen-bond donors (Lipinski definition) is 3. The minimum Gasteiger partial charge on any atom is -0.340 e. The van der Waals surface area contributed by atoms with Crippen molar-refractivity contribution in [3.63, 3.8) is 0 Å². The SMILES string of the molecule is CSc1ccc(NC(=O)Nc2cccc(C3C(C(=O)Nc4ccccc4)=C(C)N=C4SCCCN43)c2)cc1. The van der Waals surface area contributed by atoms with E-state index in [-0.39, 0.29) is 18.0 Å². The summed E-state index contributed by atoms with van der Waals surface area (Å²) in [5.41, 5.74) is 4.32. The zero-order valence-corrected chi connectivity index (χ0v) is 22.9. The molecule has 0 saturated carbocycles. The lowest BCUT2D eigenvalue weighted by molar-refractivity contribution is -0.113. The van der Waals surface area contributed by atoms with E-state index in [1.54, 1.807) is 23.5 Å². The van der Waals surface area contributed by atoms with E-state index in [9.17, 15) is 9.59 Å². The number of benzene rings is 3. The number of hydrogen-bond acceptors (Lipinski definition) is 6. The van der Waals surface area contributed by atoms with Gasteiger partial charge in [0.2, 0.25) is 0 Å². The standard InChI is InChI=1S/C29H29N5O2S2/c1-19-25(27(35)31-21-9-4-3-5-10-21)26(34-16-7-17-38-29(34)30-19)20-8-6-11-23(18-20)33-28(36)32-22-12-14-24(37-2)15-13-22/h3-6,8-15,18,26H,7,16-17H2,1-2H3,(H,31,35)(H2,32,33,36). The molecule has 0 spiro atoms. The Kier molecular flexibility index (Phi) is 8.05. The molecule has 2 heterocycles. The summed E-state index contributed by atoms with van der Waals surface area (Å²) in [5.74, 6) is 0.822. The number of amides is 3. The quantitative estimate of drug-likeness (QED) is 0.297. The molecule has 0 radical (unpaired) electrons. The van der Waals surface area contributed by atoms with Crippen molar-refractivity contribution in [3.05, 3.63) is 95.7 Å². The lowest BCUT2D eigenvalue weighted by atomic mass is 9.93. The van der Waals surface area contributed by atoms with Crippen molar-refractivity contribution in [1.82, 2.24) is 4.90 Å². The summed E-state index contributed by atoms with van der Waals surface area (Å²) in [6.45, 7) is 2.69. The van der Waals surface area contributed by atoms with Gasteiger partial charge < -0.3 is 20.9 Å². The molecule has 3 aromatic carbocycles. The van der Waals surface area contributed by atoms with Gasteiger partial charge in [-0.1, -0.05) is 42.1 Å². The van der Waals surface area contributed by atoms with Crippen LogP contribution in [-0.4, -0.2) is 40.6 Å². The maximum Gasteiger partial charge on any atom is 0.323 e. The molecule has 0 aromatic heterocycles. The highest BCUT2D eigenvalue weighted by Gasteiger charge is 2.37. The second-order valence-electron chi connectivity index (χ2n) is 8.94. The average Bonchev–Trinajstić information content (AvgIpc) is 2.93. The van der Waals surface area contributed by atoms with E-state index < -0.39 is 0 Å². The summed E-state index contributed by atoms with van der Waals surface area (Å²) in [5, 5.41) is 9.79. The van der Waals surface area contributed by atoms with Crippen molar-refractivity contribution >= 4 is 57.7 Å². The van der Waals surface area contributed by atoms with Crippen molar-refractivity contribution in [2.24, 2.45) is 4.99 Å². The summed E-state index contributed by atoms with van der Waals surface area (Å²) in [7, 11) is 0. The highest BCUT2D eigenvalue weighted by molar-refractivity contribution is 8.13. The minimum absolute atomic E-state index is 0.179. The second kappa shape index (κ2) is 11.8. The number of allylic oxidation sites excluding steroid dienone is 1. The molecule has 3 amide bonds. The number of urea groups is 1. The van der Waals surface area contributed by atoms with E-state index in [1.807, 2.05) is 92.0 Å². The van der Waals surface area contributed by atoms with Crippen LogP contribution in [0.3, 0.4) is 0 Å². The summed E-state index contributed by atoms with van der Waals surface area (Å²) in [6, 6.07) is 24.2. The molecule has 194 valence electrons. The van der Waals surface area contributed by atoms with Gasteiger partial charge in [-0.2, -0.15) is 0 Å². The normalized spacial score (nSPS) is 16.8. The Morgan fingerprint density at radius 2 is 1.63 bits per heavy atom. The maximum absolute atomic E-state index is 13.6. The fourth-order valence-electron chi connectivity index (χ4n) is 4.58. The number of para-hydroxylation sites is 1. The molecule has 0 bridgehead atoms. The fourth-order valence-corrected chi connectivity index (χ4v) is 6.01. The van der Waals surface area contributed by atoms with E-state index in [2.05, 4.69) is 20.9 Å². The van der Waals surface area contributed by atoms with Crippen molar-refractivity contribution in [3.8, 4) is 0 Å². The second-order valence-corrected chi connectivity index (χ2v) is 10.9. The van der Waals surface area contributed by atoms with Gasteiger partial charge in [-0.3, -0.25) is 4.79 Å². The van der Waals surface area contributed by atoms with Crippen LogP contribution in [0, 0.1) is 0 Å². The molecule has 1 saturated heterocycles. The molecule has 2 aliphatic heterocycles. The molecular weight excluding hydrogens is 514 g/mol. The Balaban J connectivity index is 1.41. The number of carbonyl (C=O) groups excluding carboxylic acids is 2. The van der Waals surface area contributed by atoms with Crippen molar-refractivity contribution in [2.75, 3.05) is 34.5 Å². The summed E-state index contributed by atoms with van der Waals surface area (Å²) in [4.78, 5) is 34.5. The fraction of sp³-hybridized carbons (Fsp3) is 0.207. The Labute approximate surface area is 231 Å². The van der Waals surface area contributed by atoms with Gasteiger partial charge in [0, 0.05) is 34.3 Å². The first kappa shape index (κ1) is 25.9. The lowest BCUT2D eigenvalue weighted by Gasteiger charge is -2.41. The smallest absolute Gasteiger partial charge is 0.323 e. The van der Waals surface area contributed by atoms with E-state index in [4.69, 9.17) is 4.99 Å². The topological polar surface area (TPSA) is 85.8 Å². The summed E-state index contributed by atoms with van der Waals surface area (Å²) < 4.78 is 0. The van der Waals surface area contributed by atoms with Crippen LogP contribution in [0.25, 0.3) is 0 Å². The van der Waals surface area contributed by atoms with Gasteiger partial charge in [-0.15, -0.1) is 11.8 Å². The highest BCUT2D eigenvalue weighted by atomic mass is 32.2. The van der Waals surface area contributed by atoms with Crippen molar-refractivity contribution in [2.45, 2.75) is 24.3 Å². The van der Waals surface area contributed by atoms with Crippen LogP contribution in [0.5, 0.6) is 0 Å². The molecule has 1 unspecified atom stereocenters. The third kappa shape index (κ3) is 5.89. The number of amidine groups is 1. The maximum atomic E-state index is 13.6. The molecule has 0 aliphatic carbocycles. The predicted octanol–water partition coefficient (Wildman–Crippen LogP) is 6.81. The minimum atomic E-state index is -0.327. The Morgan fingerprint density at radius 3 is 2.39 bits per heavy atom. The third-order valence-electron chi connectivity index (χ3n) is 6.34. The molecule has 7 nitrogen and oxygen atoms in total. The number of nitrogens with one attached hydrogen (secondary N) is 3. The Hall–Kier alpha value is -3.69. The zero-order valence-electron chi connectivity index (χ0n) is 21.2. The highest BCUT2D eigenvalue weighted by Crippen LogP contribution is 2.40. The van der Waals surface area contributed by atoms with Gasteiger partial charge in [0.05, 0.1) is 17.3 Å². The zero-order chi connectivity index (χ0) is 26.5. The van der Waals surface area contributed by atoms with Crippen LogP contribution in [0.15, 0.2) is 100 Å². The van der Waals surface area contributed by atoms with Crippen LogP contribution in [-0.2, 0) is 4.79 Å². The Morgan fingerprint density at radius 1 is 0.921 bits per heavy atom. The molecule has 1 atom stereocenters. The van der Waals surface area contributed by atoms with Gasteiger partial charge in [-0.05, 0) is 73.7 Å². The number of thioether (sulfide) groups is 2. The number of nitrogens with zero attached hydrogens (tertiary/aromatic N) is 2. The van der Waals surface area contributed by atoms with Crippen LogP contribution in [0.2, 0.25) is 0 Å². The number of aliphatic imine (C=N–C) groups is 1. The van der Waals surface area contributed by atoms with Crippen LogP contribution >= 0.6 is 23.5 Å². The number of fused-ring (bicyclic) bond motifs is 1. The molecule has 9 heteroatoms. The molecule has 3 aromatic rings. The molecule has 1 fully saturated rings. The van der Waals surface area contributed by atoms with Crippen LogP contribution in [0.1, 0.15) is 24.9 Å². The molecule has 3 N–H and O–H groups in total. The van der Waals surface area contributed by atoms with E-state index in [0.717, 1.165) is 40.0 Å². The summed E-state index contributed by atoms with van der Waals surface area (Å²) in [6.07, 6.45) is 3.02. The summed E-state index contributed by atoms with van der Waals surface area (Å²) >= 11 is 3.36. The van der Waals surface area contributed by atoms with E-state index >= 15 is 0 Å². The van der Waals surface area contributed by atoms with Gasteiger partial charge in [0.1, 0.15) is 0 Å². The van der Waals surface area contributed by atoms with Gasteiger partial charge in [-0.25, -0.2) is 9.79 Å². The van der Waals surface area contributed by atoms with Crippen LogP contribution in [0.4, 0.5) is 21.9 Å². The van der Waals surface area contributed by atoms with Crippen LogP contribution < -0.4 is 16.0 Å². The van der Waals surface area contributed by atoms with Crippen molar-refractivity contribution in [1.29, 1.82) is 0 Å². The Bertz CT molecular complexity index is 1390. The number of rotatable bonds is 6. The molecular formula is C29H29N5O2S2. The lowest BCUT2D eigenvalue weighted by Crippen LogP contribution is -2.43. The first-order valence-corrected chi connectivity index (χ1v) is 14.6. The average molecular weight is 544 g/mol. The van der Waals surface area contributed by atoms with E-state index in [1.165, 1.54) is 0 Å². The number of carbonyl (C=O) groups is 2. The van der Waals surface area contributed by atoms with Crippen molar-refractivity contribution < 1.29 is 9.59 Å². The first-order chi connectivity index (χ1) is 18.5. The monoisotopic (exact) mass is 543 g/mol. The molecule has 2 aliphatic rings. The molecule has 38 heavy (non-hydrogen) atoms. The molecule has 5 rings (SSSR count). The first-order valence-electron chi connectivity index (χ1n) is 12.4. The van der Waals surface area contributed by atoms with Gasteiger partial charge >= 0.3 is 6.03 Å². The van der Waals surface area contributed by atoms with Gasteiger partial charge in [0.25, 0.3) is 5.91 Å².